The summed E-state index contributed by atoms with van der Waals surface area (Å²) >= 11 is 0. The van der Waals surface area contributed by atoms with E-state index in [1.165, 1.54) is 0 Å². The monoisotopic (exact) mass is 158 g/mol. The molecule has 3 nitrogen and oxygen atoms in total. The van der Waals surface area contributed by atoms with Crippen molar-refractivity contribution < 1.29 is 14.6 Å². The van der Waals surface area contributed by atoms with Gasteiger partial charge in [-0.2, -0.15) is 0 Å². The predicted octanol–water partition coefficient (Wildman–Crippen LogP) is 0.375. The first-order valence-electron chi connectivity index (χ1n) is 4.15. The van der Waals surface area contributed by atoms with Crippen LogP contribution in [0, 0.1) is 11.8 Å². The Morgan fingerprint density at radius 3 is 2.73 bits per heavy atom. The van der Waals surface area contributed by atoms with Crippen molar-refractivity contribution in [2.24, 2.45) is 11.8 Å². The standard InChI is InChI=1S/C8H14O3/c1-4-5(2)8-10-3-6(11-8)7(4)9/h4-9H,3H2,1-2H3/t4-,5-,6?,7?,8?/m1/s1. The van der Waals surface area contributed by atoms with Gasteiger partial charge in [0.2, 0.25) is 0 Å². The maximum absolute atomic E-state index is 9.63. The van der Waals surface area contributed by atoms with Gasteiger partial charge in [0.15, 0.2) is 6.29 Å². The number of hydrogen-bond donors (Lipinski definition) is 1. The normalized spacial score (nSPS) is 56.5. The lowest BCUT2D eigenvalue weighted by Gasteiger charge is -2.34. The fourth-order valence-electron chi connectivity index (χ4n) is 1.79. The molecule has 5 atom stereocenters. The fraction of sp³-hybridized carbons (Fsp3) is 1.00. The van der Waals surface area contributed by atoms with E-state index >= 15 is 0 Å². The Labute approximate surface area is 66.3 Å². The SMILES string of the molecule is C[C@H]1C2OCC(O2)C(O)[C@@H]1C. The van der Waals surface area contributed by atoms with E-state index in [0.29, 0.717) is 18.4 Å². The molecule has 0 aromatic heterocycles. The van der Waals surface area contributed by atoms with Crippen molar-refractivity contribution in [2.75, 3.05) is 6.61 Å². The lowest BCUT2D eigenvalue weighted by molar-refractivity contribution is -0.173. The smallest absolute Gasteiger partial charge is 0.161 e. The molecule has 3 heteroatoms. The molecule has 3 unspecified atom stereocenters. The minimum Gasteiger partial charge on any atom is -0.390 e. The summed E-state index contributed by atoms with van der Waals surface area (Å²) in [4.78, 5) is 0. The van der Waals surface area contributed by atoms with Gasteiger partial charge in [-0.1, -0.05) is 13.8 Å². The molecule has 0 spiro atoms. The summed E-state index contributed by atoms with van der Waals surface area (Å²) in [6.45, 7) is 4.66. The van der Waals surface area contributed by atoms with E-state index < -0.39 is 0 Å². The first-order chi connectivity index (χ1) is 5.20. The van der Waals surface area contributed by atoms with Crippen molar-refractivity contribution >= 4 is 0 Å². The Morgan fingerprint density at radius 2 is 2.00 bits per heavy atom. The van der Waals surface area contributed by atoms with Crippen molar-refractivity contribution in [2.45, 2.75) is 32.3 Å². The summed E-state index contributed by atoms with van der Waals surface area (Å²) in [6, 6.07) is 0. The van der Waals surface area contributed by atoms with E-state index in [2.05, 4.69) is 6.92 Å². The highest BCUT2D eigenvalue weighted by Crippen LogP contribution is 2.35. The molecule has 0 aromatic carbocycles. The van der Waals surface area contributed by atoms with Crippen LogP contribution < -0.4 is 0 Å². The van der Waals surface area contributed by atoms with Crippen LogP contribution in [0.3, 0.4) is 0 Å². The van der Waals surface area contributed by atoms with Gasteiger partial charge < -0.3 is 14.6 Å². The summed E-state index contributed by atoms with van der Waals surface area (Å²) in [5.74, 6) is 0.602. The largest absolute Gasteiger partial charge is 0.390 e. The molecule has 64 valence electrons. The van der Waals surface area contributed by atoms with Gasteiger partial charge in [-0.3, -0.25) is 0 Å². The third-order valence-corrected chi connectivity index (χ3v) is 2.91. The molecule has 0 aromatic rings. The first kappa shape index (κ1) is 7.53. The molecule has 2 fully saturated rings. The number of aliphatic hydroxyl groups is 1. The molecular weight excluding hydrogens is 144 g/mol. The Hall–Kier alpha value is -0.120. The zero-order valence-electron chi connectivity index (χ0n) is 6.86. The van der Waals surface area contributed by atoms with Gasteiger partial charge in [-0.15, -0.1) is 0 Å². The molecule has 1 N–H and O–H groups in total. The summed E-state index contributed by atoms with van der Waals surface area (Å²) in [6.07, 6.45) is -0.492. The van der Waals surface area contributed by atoms with Crippen molar-refractivity contribution in [3.63, 3.8) is 0 Å². The second-order valence-electron chi connectivity index (χ2n) is 3.59. The third kappa shape index (κ3) is 0.991. The van der Waals surface area contributed by atoms with E-state index in [9.17, 15) is 5.11 Å². The second kappa shape index (κ2) is 2.44. The van der Waals surface area contributed by atoms with Crippen molar-refractivity contribution in [3.8, 4) is 0 Å². The van der Waals surface area contributed by atoms with Gasteiger partial charge in [0.05, 0.1) is 12.7 Å². The summed E-state index contributed by atoms with van der Waals surface area (Å²) in [7, 11) is 0. The number of fused-ring (bicyclic) bond motifs is 2. The number of rotatable bonds is 0. The van der Waals surface area contributed by atoms with Crippen molar-refractivity contribution in [1.29, 1.82) is 0 Å². The van der Waals surface area contributed by atoms with Crippen LogP contribution in [0.15, 0.2) is 0 Å². The lowest BCUT2D eigenvalue weighted by atomic mass is 9.86. The maximum atomic E-state index is 9.63. The van der Waals surface area contributed by atoms with Gasteiger partial charge in [0.1, 0.15) is 6.10 Å². The molecule has 11 heavy (non-hydrogen) atoms. The number of aliphatic hydroxyl groups excluding tert-OH is 1. The third-order valence-electron chi connectivity index (χ3n) is 2.91. The fourth-order valence-corrected chi connectivity index (χ4v) is 1.79. The van der Waals surface area contributed by atoms with Gasteiger partial charge in [-0.25, -0.2) is 0 Å². The van der Waals surface area contributed by atoms with E-state index in [4.69, 9.17) is 9.47 Å². The van der Waals surface area contributed by atoms with Gasteiger partial charge in [-0.05, 0) is 5.92 Å². The van der Waals surface area contributed by atoms with Crippen LogP contribution in [0.1, 0.15) is 13.8 Å². The van der Waals surface area contributed by atoms with Crippen LogP contribution >= 0.6 is 0 Å². The average molecular weight is 158 g/mol. The molecule has 2 heterocycles. The van der Waals surface area contributed by atoms with Crippen LogP contribution in [-0.4, -0.2) is 30.2 Å². The highest BCUT2D eigenvalue weighted by atomic mass is 16.7. The minimum atomic E-state index is -0.344. The second-order valence-corrected chi connectivity index (χ2v) is 3.59. The highest BCUT2D eigenvalue weighted by Gasteiger charge is 2.45. The van der Waals surface area contributed by atoms with Gasteiger partial charge in [0, 0.05) is 5.92 Å². The Bertz CT molecular complexity index is 139. The van der Waals surface area contributed by atoms with Crippen LogP contribution in [0.25, 0.3) is 0 Å². The van der Waals surface area contributed by atoms with Crippen LogP contribution in [0.4, 0.5) is 0 Å². The maximum Gasteiger partial charge on any atom is 0.161 e. The molecule has 2 bridgehead atoms. The molecule has 2 rings (SSSR count). The first-order valence-corrected chi connectivity index (χ1v) is 4.15. The Balaban J connectivity index is 2.16. The quantitative estimate of drug-likeness (QED) is 0.553. The molecule has 0 amide bonds. The van der Waals surface area contributed by atoms with E-state index in [1.807, 2.05) is 6.92 Å². The van der Waals surface area contributed by atoms with E-state index in [0.717, 1.165) is 0 Å². The van der Waals surface area contributed by atoms with E-state index in [1.54, 1.807) is 0 Å². The van der Waals surface area contributed by atoms with Crippen molar-refractivity contribution in [1.82, 2.24) is 0 Å². The molecule has 0 saturated carbocycles. The number of ether oxygens (including phenoxy) is 2. The molecule has 2 saturated heterocycles. The lowest BCUT2D eigenvalue weighted by Crippen LogP contribution is -2.44. The van der Waals surface area contributed by atoms with Crippen LogP contribution in [0.5, 0.6) is 0 Å². The topological polar surface area (TPSA) is 38.7 Å². The average Bonchev–Trinajstić information content (AvgIpc) is 2.44. The Kier molecular flexibility index (Phi) is 1.67. The zero-order chi connectivity index (χ0) is 8.01. The van der Waals surface area contributed by atoms with Gasteiger partial charge >= 0.3 is 0 Å². The minimum absolute atomic E-state index is 0.0709. The molecular formula is C8H14O3. The van der Waals surface area contributed by atoms with Gasteiger partial charge in [0.25, 0.3) is 0 Å². The molecule has 0 radical (unpaired) electrons. The van der Waals surface area contributed by atoms with E-state index in [-0.39, 0.29) is 18.5 Å². The summed E-state index contributed by atoms with van der Waals surface area (Å²) in [5, 5.41) is 9.63. The number of hydrogen-bond acceptors (Lipinski definition) is 3. The van der Waals surface area contributed by atoms with Crippen LogP contribution in [0.2, 0.25) is 0 Å². The van der Waals surface area contributed by atoms with Crippen molar-refractivity contribution in [3.05, 3.63) is 0 Å². The predicted molar refractivity (Wildman–Crippen MR) is 38.9 cm³/mol. The summed E-state index contributed by atoms with van der Waals surface area (Å²) in [5.41, 5.74) is 0. The molecule has 2 aliphatic rings. The Morgan fingerprint density at radius 1 is 1.27 bits per heavy atom. The molecule has 0 aliphatic carbocycles. The summed E-state index contributed by atoms with van der Waals surface area (Å²) < 4.78 is 10.8. The molecule has 2 aliphatic heterocycles. The zero-order valence-corrected chi connectivity index (χ0v) is 6.86. The highest BCUT2D eigenvalue weighted by molar-refractivity contribution is 4.88. The van der Waals surface area contributed by atoms with Crippen LogP contribution in [-0.2, 0) is 9.47 Å².